The molecule has 2 N–H and O–H groups in total. The Kier molecular flexibility index (Phi) is 6.02. The van der Waals surface area contributed by atoms with Gasteiger partial charge in [0.2, 0.25) is 0 Å². The quantitative estimate of drug-likeness (QED) is 0.730. The summed E-state index contributed by atoms with van der Waals surface area (Å²) in [5.74, 6) is 0.0777. The lowest BCUT2D eigenvalue weighted by Crippen LogP contribution is -2.35. The SMILES string of the molecule is C=CCC(C)C(C)NCC(O)c1ccccc1F. The van der Waals surface area contributed by atoms with Gasteiger partial charge in [0.1, 0.15) is 5.82 Å². The van der Waals surface area contributed by atoms with E-state index in [-0.39, 0.29) is 11.9 Å². The number of aliphatic hydroxyl groups is 1. The van der Waals surface area contributed by atoms with Crippen molar-refractivity contribution in [3.8, 4) is 0 Å². The molecule has 18 heavy (non-hydrogen) atoms. The molecule has 3 unspecified atom stereocenters. The molecule has 0 aliphatic heterocycles. The van der Waals surface area contributed by atoms with Gasteiger partial charge < -0.3 is 10.4 Å². The van der Waals surface area contributed by atoms with Gasteiger partial charge in [-0.15, -0.1) is 6.58 Å². The highest BCUT2D eigenvalue weighted by Gasteiger charge is 2.15. The summed E-state index contributed by atoms with van der Waals surface area (Å²) < 4.78 is 13.4. The van der Waals surface area contributed by atoms with Crippen LogP contribution in [0.4, 0.5) is 4.39 Å². The van der Waals surface area contributed by atoms with Gasteiger partial charge in [0, 0.05) is 18.2 Å². The van der Waals surface area contributed by atoms with Gasteiger partial charge in [-0.2, -0.15) is 0 Å². The number of aliphatic hydroxyl groups excluding tert-OH is 1. The van der Waals surface area contributed by atoms with Gasteiger partial charge in [-0.25, -0.2) is 4.39 Å². The summed E-state index contributed by atoms with van der Waals surface area (Å²) in [6, 6.07) is 6.57. The molecule has 0 aliphatic carbocycles. The Balaban J connectivity index is 2.48. The lowest BCUT2D eigenvalue weighted by molar-refractivity contribution is 0.162. The second kappa shape index (κ2) is 7.29. The molecule has 0 fully saturated rings. The van der Waals surface area contributed by atoms with Crippen molar-refractivity contribution in [1.29, 1.82) is 0 Å². The van der Waals surface area contributed by atoms with Crippen molar-refractivity contribution in [3.63, 3.8) is 0 Å². The first-order valence-electron chi connectivity index (χ1n) is 6.33. The van der Waals surface area contributed by atoms with Crippen LogP contribution in [-0.4, -0.2) is 17.7 Å². The molecule has 1 aromatic rings. The monoisotopic (exact) mass is 251 g/mol. The molecule has 0 saturated heterocycles. The van der Waals surface area contributed by atoms with E-state index in [2.05, 4.69) is 25.7 Å². The van der Waals surface area contributed by atoms with E-state index < -0.39 is 6.10 Å². The third-order valence-corrected chi connectivity index (χ3v) is 3.29. The Morgan fingerprint density at radius 2 is 2.06 bits per heavy atom. The summed E-state index contributed by atoms with van der Waals surface area (Å²) in [7, 11) is 0. The Bertz CT molecular complexity index is 381. The highest BCUT2D eigenvalue weighted by atomic mass is 19.1. The van der Waals surface area contributed by atoms with Crippen molar-refractivity contribution < 1.29 is 9.50 Å². The predicted octanol–water partition coefficient (Wildman–Crippen LogP) is 3.05. The van der Waals surface area contributed by atoms with Gasteiger partial charge in [0.25, 0.3) is 0 Å². The van der Waals surface area contributed by atoms with E-state index in [4.69, 9.17) is 0 Å². The van der Waals surface area contributed by atoms with Crippen LogP contribution in [0.15, 0.2) is 36.9 Å². The second-order valence-electron chi connectivity index (χ2n) is 4.74. The molecular weight excluding hydrogens is 229 g/mol. The Morgan fingerprint density at radius 3 is 2.67 bits per heavy atom. The van der Waals surface area contributed by atoms with E-state index >= 15 is 0 Å². The van der Waals surface area contributed by atoms with Crippen molar-refractivity contribution in [2.45, 2.75) is 32.4 Å². The summed E-state index contributed by atoms with van der Waals surface area (Å²) >= 11 is 0. The molecule has 0 radical (unpaired) electrons. The fourth-order valence-corrected chi connectivity index (χ4v) is 1.82. The van der Waals surface area contributed by atoms with Crippen molar-refractivity contribution in [2.24, 2.45) is 5.92 Å². The first kappa shape index (κ1) is 14.9. The number of halogens is 1. The van der Waals surface area contributed by atoms with Gasteiger partial charge in [-0.1, -0.05) is 31.2 Å². The number of rotatable bonds is 7. The number of hydrogen-bond donors (Lipinski definition) is 2. The fourth-order valence-electron chi connectivity index (χ4n) is 1.82. The highest BCUT2D eigenvalue weighted by Crippen LogP contribution is 2.16. The van der Waals surface area contributed by atoms with Crippen molar-refractivity contribution in [1.82, 2.24) is 5.32 Å². The summed E-state index contributed by atoms with van der Waals surface area (Å²) in [5.41, 5.74) is 0.341. The van der Waals surface area contributed by atoms with Crippen LogP contribution in [0.3, 0.4) is 0 Å². The number of nitrogens with one attached hydrogen (secondary N) is 1. The topological polar surface area (TPSA) is 32.3 Å². The highest BCUT2D eigenvalue weighted by molar-refractivity contribution is 5.19. The summed E-state index contributed by atoms with van der Waals surface area (Å²) in [4.78, 5) is 0. The first-order chi connectivity index (χ1) is 8.56. The van der Waals surface area contributed by atoms with Crippen LogP contribution in [-0.2, 0) is 0 Å². The van der Waals surface area contributed by atoms with Gasteiger partial charge >= 0.3 is 0 Å². The van der Waals surface area contributed by atoms with Crippen LogP contribution in [0, 0.1) is 11.7 Å². The maximum atomic E-state index is 13.4. The van der Waals surface area contributed by atoms with Crippen molar-refractivity contribution in [3.05, 3.63) is 48.3 Å². The van der Waals surface area contributed by atoms with Crippen LogP contribution in [0.5, 0.6) is 0 Å². The lowest BCUT2D eigenvalue weighted by Gasteiger charge is -2.22. The molecule has 0 heterocycles. The van der Waals surface area contributed by atoms with E-state index in [1.165, 1.54) is 6.07 Å². The maximum absolute atomic E-state index is 13.4. The molecule has 0 saturated carbocycles. The van der Waals surface area contributed by atoms with Crippen LogP contribution >= 0.6 is 0 Å². The van der Waals surface area contributed by atoms with Crippen molar-refractivity contribution in [2.75, 3.05) is 6.54 Å². The average Bonchev–Trinajstić information content (AvgIpc) is 2.36. The molecule has 100 valence electrons. The van der Waals surface area contributed by atoms with Crippen molar-refractivity contribution >= 4 is 0 Å². The van der Waals surface area contributed by atoms with E-state index in [1.807, 2.05) is 6.08 Å². The molecule has 1 rings (SSSR count). The second-order valence-corrected chi connectivity index (χ2v) is 4.74. The molecule has 0 spiro atoms. The van der Waals surface area contributed by atoms with E-state index in [0.717, 1.165) is 6.42 Å². The lowest BCUT2D eigenvalue weighted by atomic mass is 9.99. The normalized spacial score (nSPS) is 16.0. The van der Waals surface area contributed by atoms with Crippen LogP contribution in [0.2, 0.25) is 0 Å². The molecule has 3 atom stereocenters. The third kappa shape index (κ3) is 4.24. The zero-order valence-electron chi connectivity index (χ0n) is 11.1. The summed E-state index contributed by atoms with van der Waals surface area (Å²) in [6.07, 6.45) is 1.99. The zero-order valence-corrected chi connectivity index (χ0v) is 11.1. The standard InChI is InChI=1S/C15H22FNO/c1-4-7-11(2)12(3)17-10-15(18)13-8-5-6-9-14(13)16/h4-6,8-9,11-12,15,17-18H,1,7,10H2,2-3H3. The molecule has 0 bridgehead atoms. The fraction of sp³-hybridized carbons (Fsp3) is 0.467. The number of benzene rings is 1. The molecule has 0 aliphatic rings. The van der Waals surface area contributed by atoms with E-state index in [9.17, 15) is 9.50 Å². The zero-order chi connectivity index (χ0) is 13.5. The summed E-state index contributed by atoms with van der Waals surface area (Å²) in [5, 5.41) is 13.2. The number of allylic oxidation sites excluding steroid dienone is 1. The van der Waals surface area contributed by atoms with Crippen LogP contribution in [0.25, 0.3) is 0 Å². The first-order valence-corrected chi connectivity index (χ1v) is 6.33. The van der Waals surface area contributed by atoms with Gasteiger partial charge in [0.15, 0.2) is 0 Å². The van der Waals surface area contributed by atoms with Crippen LogP contribution < -0.4 is 5.32 Å². The molecule has 2 nitrogen and oxygen atoms in total. The third-order valence-electron chi connectivity index (χ3n) is 3.29. The predicted molar refractivity (Wildman–Crippen MR) is 72.8 cm³/mol. The largest absolute Gasteiger partial charge is 0.387 e. The average molecular weight is 251 g/mol. The molecular formula is C15H22FNO. The van der Waals surface area contributed by atoms with Gasteiger partial charge in [-0.3, -0.25) is 0 Å². The smallest absolute Gasteiger partial charge is 0.129 e. The molecule has 3 heteroatoms. The minimum atomic E-state index is -0.815. The Hall–Kier alpha value is -1.19. The summed E-state index contributed by atoms with van der Waals surface area (Å²) in [6.45, 7) is 8.24. The minimum Gasteiger partial charge on any atom is -0.387 e. The van der Waals surface area contributed by atoms with E-state index in [1.54, 1.807) is 18.2 Å². The molecule has 1 aromatic carbocycles. The van der Waals surface area contributed by atoms with E-state index in [0.29, 0.717) is 18.0 Å². The molecule has 0 aromatic heterocycles. The van der Waals surface area contributed by atoms with Gasteiger partial charge in [0.05, 0.1) is 6.10 Å². The Morgan fingerprint density at radius 1 is 1.39 bits per heavy atom. The number of hydrogen-bond acceptors (Lipinski definition) is 2. The van der Waals surface area contributed by atoms with Gasteiger partial charge in [-0.05, 0) is 25.3 Å². The van der Waals surface area contributed by atoms with Crippen LogP contribution in [0.1, 0.15) is 31.9 Å². The minimum absolute atomic E-state index is 0.254. The maximum Gasteiger partial charge on any atom is 0.129 e. The Labute approximate surface area is 109 Å². The molecule has 0 amide bonds.